The summed E-state index contributed by atoms with van der Waals surface area (Å²) in [5, 5.41) is 1.28. The van der Waals surface area contributed by atoms with E-state index in [4.69, 9.17) is 5.73 Å². The largest absolute Gasteiger partial charge is 0.399 e. The summed E-state index contributed by atoms with van der Waals surface area (Å²) in [6, 6.07) is 12.8. The van der Waals surface area contributed by atoms with E-state index in [0.717, 1.165) is 12.2 Å². The van der Waals surface area contributed by atoms with Crippen molar-refractivity contribution in [2.24, 2.45) is 0 Å². The van der Waals surface area contributed by atoms with Gasteiger partial charge in [0.1, 0.15) is 0 Å². The number of aromatic nitrogens is 1. The summed E-state index contributed by atoms with van der Waals surface area (Å²) in [4.78, 5) is 1.24. The van der Waals surface area contributed by atoms with Crippen LogP contribution in [-0.4, -0.2) is 10.8 Å². The van der Waals surface area contributed by atoms with Gasteiger partial charge in [-0.3, -0.25) is 0 Å². The average molecular weight is 296 g/mol. The summed E-state index contributed by atoms with van der Waals surface area (Å²) in [6.45, 7) is 5.24. The molecule has 0 aliphatic carbocycles. The second-order valence-electron chi connectivity index (χ2n) is 5.47. The Hall–Kier alpha value is -1.87. The van der Waals surface area contributed by atoms with Gasteiger partial charge in [-0.15, -0.1) is 11.8 Å². The molecule has 108 valence electrons. The van der Waals surface area contributed by atoms with E-state index in [-0.39, 0.29) is 0 Å². The van der Waals surface area contributed by atoms with Gasteiger partial charge in [-0.2, -0.15) is 0 Å². The summed E-state index contributed by atoms with van der Waals surface area (Å²) < 4.78 is 2.29. The zero-order valence-electron chi connectivity index (χ0n) is 12.7. The minimum absolute atomic E-state index is 0.827. The van der Waals surface area contributed by atoms with Crippen LogP contribution < -0.4 is 5.73 Å². The maximum Gasteiger partial charge on any atom is 0.0515 e. The molecule has 1 aromatic heterocycles. The van der Waals surface area contributed by atoms with E-state index in [1.165, 1.54) is 32.5 Å². The van der Waals surface area contributed by atoms with Crippen molar-refractivity contribution in [1.82, 2.24) is 4.57 Å². The van der Waals surface area contributed by atoms with Gasteiger partial charge >= 0.3 is 0 Å². The highest BCUT2D eigenvalue weighted by Crippen LogP contribution is 2.30. The summed E-state index contributed by atoms with van der Waals surface area (Å²) in [5.74, 6) is 0. The summed E-state index contributed by atoms with van der Waals surface area (Å²) in [7, 11) is 0. The maximum atomic E-state index is 6.05. The third kappa shape index (κ3) is 2.54. The molecule has 3 rings (SSSR count). The summed E-state index contributed by atoms with van der Waals surface area (Å²) in [6.07, 6.45) is 4.26. The molecule has 0 bridgehead atoms. The number of rotatable bonds is 3. The van der Waals surface area contributed by atoms with Gasteiger partial charge in [-0.25, -0.2) is 0 Å². The predicted octanol–water partition coefficient (Wildman–Crippen LogP) is 4.61. The fourth-order valence-electron chi connectivity index (χ4n) is 2.86. The topological polar surface area (TPSA) is 30.9 Å². The Bertz CT molecular complexity index is 782. The van der Waals surface area contributed by atoms with Gasteiger partial charge in [0.15, 0.2) is 0 Å². The van der Waals surface area contributed by atoms with E-state index in [1.807, 2.05) is 0 Å². The average Bonchev–Trinajstić information content (AvgIpc) is 2.85. The van der Waals surface area contributed by atoms with Crippen LogP contribution in [0.25, 0.3) is 10.9 Å². The van der Waals surface area contributed by atoms with Crippen molar-refractivity contribution >= 4 is 28.4 Å². The third-order valence-electron chi connectivity index (χ3n) is 4.07. The Labute approximate surface area is 130 Å². The van der Waals surface area contributed by atoms with Crippen molar-refractivity contribution in [3.63, 3.8) is 0 Å². The Balaban J connectivity index is 2.12. The minimum atomic E-state index is 0.827. The van der Waals surface area contributed by atoms with E-state index in [0.29, 0.717) is 0 Å². The number of aryl methyl sites for hydroxylation is 2. The highest BCUT2D eigenvalue weighted by Gasteiger charge is 2.09. The van der Waals surface area contributed by atoms with Crippen LogP contribution in [0.4, 0.5) is 5.69 Å². The monoisotopic (exact) mass is 296 g/mol. The van der Waals surface area contributed by atoms with E-state index in [1.54, 1.807) is 11.8 Å². The molecule has 0 radical (unpaired) electrons. The van der Waals surface area contributed by atoms with Crippen molar-refractivity contribution in [2.75, 3.05) is 12.0 Å². The van der Waals surface area contributed by atoms with Gasteiger partial charge < -0.3 is 10.3 Å². The fraction of sp³-hybridized carbons (Fsp3) is 0.222. The molecular weight excluding hydrogens is 276 g/mol. The van der Waals surface area contributed by atoms with Gasteiger partial charge in [0.05, 0.1) is 5.52 Å². The van der Waals surface area contributed by atoms with Gasteiger partial charge in [0, 0.05) is 28.7 Å². The Kier molecular flexibility index (Phi) is 3.68. The van der Waals surface area contributed by atoms with Crippen molar-refractivity contribution in [3.05, 3.63) is 59.3 Å². The van der Waals surface area contributed by atoms with Crippen molar-refractivity contribution in [2.45, 2.75) is 25.3 Å². The van der Waals surface area contributed by atoms with E-state index >= 15 is 0 Å². The van der Waals surface area contributed by atoms with E-state index < -0.39 is 0 Å². The molecule has 3 heteroatoms. The molecule has 0 saturated heterocycles. The quantitative estimate of drug-likeness (QED) is 0.565. The third-order valence-corrected chi connectivity index (χ3v) is 4.84. The zero-order chi connectivity index (χ0) is 15.0. The van der Waals surface area contributed by atoms with Crippen LogP contribution in [0.15, 0.2) is 47.5 Å². The molecule has 0 saturated carbocycles. The number of fused-ring (bicyclic) bond motifs is 1. The SMILES string of the molecule is CSc1cc(N)cc2c1ccn2Cc1c(C)cccc1C. The zero-order valence-corrected chi connectivity index (χ0v) is 13.5. The predicted molar refractivity (Wildman–Crippen MR) is 93.1 cm³/mol. The van der Waals surface area contributed by atoms with Gasteiger partial charge in [-0.05, 0) is 55.0 Å². The van der Waals surface area contributed by atoms with Crippen LogP contribution in [0.5, 0.6) is 0 Å². The number of anilines is 1. The first kappa shape index (κ1) is 14.1. The van der Waals surface area contributed by atoms with Crippen molar-refractivity contribution in [3.8, 4) is 0 Å². The first-order valence-corrected chi connectivity index (χ1v) is 8.30. The maximum absolute atomic E-state index is 6.05. The van der Waals surface area contributed by atoms with Gasteiger partial charge in [-0.1, -0.05) is 18.2 Å². The standard InChI is InChI=1S/C18H20N2S/c1-12-5-4-6-13(2)16(12)11-20-8-7-15-17(20)9-14(19)10-18(15)21-3/h4-10H,11,19H2,1-3H3. The molecule has 0 aliphatic rings. The Morgan fingerprint density at radius 2 is 1.81 bits per heavy atom. The number of thioether (sulfide) groups is 1. The lowest BCUT2D eigenvalue weighted by atomic mass is 10.0. The molecule has 1 heterocycles. The summed E-state index contributed by atoms with van der Waals surface area (Å²) >= 11 is 1.75. The Morgan fingerprint density at radius 3 is 2.48 bits per heavy atom. The first-order chi connectivity index (χ1) is 10.1. The highest BCUT2D eigenvalue weighted by atomic mass is 32.2. The second-order valence-corrected chi connectivity index (χ2v) is 6.32. The fourth-order valence-corrected chi connectivity index (χ4v) is 3.50. The number of hydrogen-bond acceptors (Lipinski definition) is 2. The number of benzene rings is 2. The van der Waals surface area contributed by atoms with Crippen LogP contribution in [0.3, 0.4) is 0 Å². The van der Waals surface area contributed by atoms with Crippen LogP contribution in [-0.2, 0) is 6.54 Å². The molecule has 21 heavy (non-hydrogen) atoms. The second kappa shape index (κ2) is 5.49. The van der Waals surface area contributed by atoms with Gasteiger partial charge in [0.25, 0.3) is 0 Å². The summed E-state index contributed by atoms with van der Waals surface area (Å²) in [5.41, 5.74) is 12.2. The molecule has 0 atom stereocenters. The van der Waals surface area contributed by atoms with Gasteiger partial charge in [0.2, 0.25) is 0 Å². The van der Waals surface area contributed by atoms with Crippen LogP contribution >= 0.6 is 11.8 Å². The molecule has 0 aliphatic heterocycles. The molecule has 0 fully saturated rings. The lowest BCUT2D eigenvalue weighted by Gasteiger charge is -2.12. The van der Waals surface area contributed by atoms with Crippen molar-refractivity contribution in [1.29, 1.82) is 0 Å². The molecule has 0 unspecified atom stereocenters. The number of nitrogen functional groups attached to an aromatic ring is 1. The van der Waals surface area contributed by atoms with E-state index in [9.17, 15) is 0 Å². The molecule has 2 N–H and O–H groups in total. The smallest absolute Gasteiger partial charge is 0.0515 e. The van der Waals surface area contributed by atoms with Crippen LogP contribution in [0, 0.1) is 13.8 Å². The van der Waals surface area contributed by atoms with Crippen LogP contribution in [0.2, 0.25) is 0 Å². The molecule has 3 aromatic rings. The number of nitrogens with two attached hydrogens (primary N) is 1. The lowest BCUT2D eigenvalue weighted by Crippen LogP contribution is -2.02. The van der Waals surface area contributed by atoms with E-state index in [2.05, 4.69) is 67.3 Å². The minimum Gasteiger partial charge on any atom is -0.399 e. The number of hydrogen-bond donors (Lipinski definition) is 1. The molecule has 2 nitrogen and oxygen atoms in total. The molecule has 0 spiro atoms. The normalized spacial score (nSPS) is 11.2. The first-order valence-electron chi connectivity index (χ1n) is 7.07. The highest BCUT2D eigenvalue weighted by molar-refractivity contribution is 7.98. The van der Waals surface area contributed by atoms with Crippen LogP contribution in [0.1, 0.15) is 16.7 Å². The van der Waals surface area contributed by atoms with Crippen molar-refractivity contribution < 1.29 is 0 Å². The number of nitrogens with zero attached hydrogens (tertiary/aromatic N) is 1. The Morgan fingerprint density at radius 1 is 1.10 bits per heavy atom. The lowest BCUT2D eigenvalue weighted by molar-refractivity contribution is 0.823. The molecular formula is C18H20N2S. The molecule has 0 amide bonds. The molecule has 2 aromatic carbocycles.